The molecule has 25 heavy (non-hydrogen) atoms. The van der Waals surface area contributed by atoms with Gasteiger partial charge in [-0.3, -0.25) is 4.90 Å². The van der Waals surface area contributed by atoms with Crippen LogP contribution >= 0.6 is 27.5 Å². The lowest BCUT2D eigenvalue weighted by Gasteiger charge is -2.36. The largest absolute Gasteiger partial charge is 0.401 e. The van der Waals surface area contributed by atoms with Gasteiger partial charge in [0.25, 0.3) is 0 Å². The summed E-state index contributed by atoms with van der Waals surface area (Å²) in [5.74, 6) is 0. The minimum Gasteiger partial charge on any atom is -0.369 e. The van der Waals surface area contributed by atoms with Crippen LogP contribution in [0.3, 0.4) is 0 Å². The predicted molar refractivity (Wildman–Crippen MR) is 99.3 cm³/mol. The second kappa shape index (κ2) is 7.56. The molecule has 2 aromatic carbocycles. The molecule has 0 aromatic heterocycles. The van der Waals surface area contributed by atoms with Crippen molar-refractivity contribution < 1.29 is 13.2 Å². The van der Waals surface area contributed by atoms with Gasteiger partial charge in [0.2, 0.25) is 0 Å². The Labute approximate surface area is 158 Å². The fourth-order valence-electron chi connectivity index (χ4n) is 2.99. The number of alkyl halides is 3. The van der Waals surface area contributed by atoms with Crippen molar-refractivity contribution in [2.45, 2.75) is 6.18 Å². The van der Waals surface area contributed by atoms with Crippen LogP contribution in [0.5, 0.6) is 0 Å². The lowest BCUT2D eigenvalue weighted by Crippen LogP contribution is -2.49. The molecule has 0 aliphatic carbocycles. The summed E-state index contributed by atoms with van der Waals surface area (Å²) in [6, 6.07) is 13.7. The van der Waals surface area contributed by atoms with Crippen molar-refractivity contribution in [2.75, 3.05) is 37.6 Å². The minimum absolute atomic E-state index is 0.421. The monoisotopic (exact) mass is 432 g/mol. The van der Waals surface area contributed by atoms with E-state index in [4.69, 9.17) is 11.6 Å². The van der Waals surface area contributed by atoms with Crippen molar-refractivity contribution in [1.82, 2.24) is 4.90 Å². The third-order valence-electron chi connectivity index (χ3n) is 4.25. The molecular weight excluding hydrogens is 417 g/mol. The normalized spacial score (nSPS) is 16.3. The molecule has 0 spiro atoms. The zero-order chi connectivity index (χ0) is 18.0. The first-order chi connectivity index (χ1) is 11.8. The number of hydrogen-bond donors (Lipinski definition) is 0. The van der Waals surface area contributed by atoms with E-state index < -0.39 is 12.7 Å². The Hall–Kier alpha value is -1.24. The molecule has 0 bridgehead atoms. The maximum atomic E-state index is 12.5. The highest BCUT2D eigenvalue weighted by Crippen LogP contribution is 2.32. The Morgan fingerprint density at radius 2 is 1.60 bits per heavy atom. The van der Waals surface area contributed by atoms with Gasteiger partial charge in [0.1, 0.15) is 0 Å². The molecule has 1 aliphatic rings. The zero-order valence-electron chi connectivity index (χ0n) is 13.4. The molecule has 3 rings (SSSR count). The average molecular weight is 434 g/mol. The smallest absolute Gasteiger partial charge is 0.369 e. The van der Waals surface area contributed by atoms with Crippen LogP contribution in [0.25, 0.3) is 11.1 Å². The summed E-state index contributed by atoms with van der Waals surface area (Å²) in [6.45, 7) is 1.21. The van der Waals surface area contributed by atoms with Crippen molar-refractivity contribution in [3.8, 4) is 11.1 Å². The molecule has 0 saturated carbocycles. The number of piperazine rings is 1. The molecule has 0 unspecified atom stereocenters. The third-order valence-corrected chi connectivity index (χ3v) is 5.14. The van der Waals surface area contributed by atoms with Gasteiger partial charge in [0.05, 0.1) is 6.54 Å². The van der Waals surface area contributed by atoms with E-state index in [1.807, 2.05) is 42.5 Å². The first kappa shape index (κ1) is 18.5. The van der Waals surface area contributed by atoms with Crippen LogP contribution in [0.1, 0.15) is 0 Å². The summed E-state index contributed by atoms with van der Waals surface area (Å²) < 4.78 is 38.3. The highest BCUT2D eigenvalue weighted by molar-refractivity contribution is 9.10. The first-order valence-corrected chi connectivity index (χ1v) is 9.08. The SMILES string of the molecule is FC(F)(F)CN1CCN(c2ccc(-c3ccc(Cl)cc3Br)cc2)CC1. The zero-order valence-corrected chi connectivity index (χ0v) is 15.7. The van der Waals surface area contributed by atoms with E-state index in [0.717, 1.165) is 21.3 Å². The predicted octanol–water partition coefficient (Wildman–Crippen LogP) is 5.45. The maximum Gasteiger partial charge on any atom is 0.401 e. The van der Waals surface area contributed by atoms with E-state index in [2.05, 4.69) is 20.8 Å². The van der Waals surface area contributed by atoms with E-state index in [0.29, 0.717) is 31.2 Å². The number of hydrogen-bond acceptors (Lipinski definition) is 2. The number of halogens is 5. The van der Waals surface area contributed by atoms with Crippen molar-refractivity contribution in [3.05, 3.63) is 52.0 Å². The standard InChI is InChI=1S/C18H17BrClF3N2/c19-17-11-14(20)3-6-16(17)13-1-4-15(5-2-13)25-9-7-24(8-10-25)12-18(21,22)23/h1-6,11H,7-10,12H2. The summed E-state index contributed by atoms with van der Waals surface area (Å²) in [4.78, 5) is 3.57. The number of benzene rings is 2. The second-order valence-electron chi connectivity index (χ2n) is 6.05. The van der Waals surface area contributed by atoms with Crippen LogP contribution in [-0.2, 0) is 0 Å². The highest BCUT2D eigenvalue weighted by Gasteiger charge is 2.32. The lowest BCUT2D eigenvalue weighted by atomic mass is 10.1. The summed E-state index contributed by atoms with van der Waals surface area (Å²) in [7, 11) is 0. The molecule has 0 radical (unpaired) electrons. The first-order valence-electron chi connectivity index (χ1n) is 7.91. The van der Waals surface area contributed by atoms with E-state index >= 15 is 0 Å². The van der Waals surface area contributed by atoms with Crippen LogP contribution in [0.15, 0.2) is 46.9 Å². The number of nitrogens with zero attached hydrogens (tertiary/aromatic N) is 2. The van der Waals surface area contributed by atoms with Gasteiger partial charge in [-0.2, -0.15) is 13.2 Å². The molecule has 1 saturated heterocycles. The topological polar surface area (TPSA) is 6.48 Å². The number of anilines is 1. The van der Waals surface area contributed by atoms with Crippen LogP contribution in [0, 0.1) is 0 Å². The molecule has 2 aromatic rings. The van der Waals surface area contributed by atoms with Crippen molar-refractivity contribution in [2.24, 2.45) is 0 Å². The van der Waals surface area contributed by atoms with Crippen molar-refractivity contribution in [1.29, 1.82) is 0 Å². The second-order valence-corrected chi connectivity index (χ2v) is 7.34. The minimum atomic E-state index is -4.13. The molecule has 0 atom stereocenters. The van der Waals surface area contributed by atoms with Crippen LogP contribution in [-0.4, -0.2) is 43.8 Å². The molecular formula is C18H17BrClF3N2. The molecule has 1 fully saturated rings. The molecule has 1 heterocycles. The summed E-state index contributed by atoms with van der Waals surface area (Å²) in [5.41, 5.74) is 3.13. The maximum absolute atomic E-state index is 12.5. The summed E-state index contributed by atoms with van der Waals surface area (Å²) in [5, 5.41) is 0.670. The Kier molecular flexibility index (Phi) is 5.61. The van der Waals surface area contributed by atoms with Gasteiger partial charge in [-0.05, 0) is 35.4 Å². The van der Waals surface area contributed by atoms with E-state index in [-0.39, 0.29) is 0 Å². The molecule has 134 valence electrons. The van der Waals surface area contributed by atoms with E-state index in [1.165, 1.54) is 4.90 Å². The van der Waals surface area contributed by atoms with Gasteiger partial charge >= 0.3 is 6.18 Å². The van der Waals surface area contributed by atoms with Crippen molar-refractivity contribution in [3.63, 3.8) is 0 Å². The van der Waals surface area contributed by atoms with Gasteiger partial charge in [-0.15, -0.1) is 0 Å². The van der Waals surface area contributed by atoms with Gasteiger partial charge in [-0.25, -0.2) is 0 Å². The Balaban J connectivity index is 1.65. The third kappa shape index (κ3) is 4.90. The molecule has 2 nitrogen and oxygen atoms in total. The molecule has 1 aliphatic heterocycles. The molecule has 7 heteroatoms. The Bertz CT molecular complexity index is 726. The lowest BCUT2D eigenvalue weighted by molar-refractivity contribution is -0.146. The highest BCUT2D eigenvalue weighted by atomic mass is 79.9. The number of rotatable bonds is 3. The van der Waals surface area contributed by atoms with Crippen molar-refractivity contribution >= 4 is 33.2 Å². The molecule has 0 N–H and O–H groups in total. The Morgan fingerprint density at radius 1 is 0.960 bits per heavy atom. The van der Waals surface area contributed by atoms with E-state index in [9.17, 15) is 13.2 Å². The van der Waals surface area contributed by atoms with E-state index in [1.54, 1.807) is 0 Å². The van der Waals surface area contributed by atoms with Crippen LogP contribution < -0.4 is 4.90 Å². The van der Waals surface area contributed by atoms with Gasteiger partial charge in [0.15, 0.2) is 0 Å². The van der Waals surface area contributed by atoms with Gasteiger partial charge < -0.3 is 4.90 Å². The Morgan fingerprint density at radius 3 is 2.16 bits per heavy atom. The van der Waals surface area contributed by atoms with Crippen LogP contribution in [0.2, 0.25) is 5.02 Å². The fraction of sp³-hybridized carbons (Fsp3) is 0.333. The van der Waals surface area contributed by atoms with Gasteiger partial charge in [0, 0.05) is 41.4 Å². The fourth-order valence-corrected chi connectivity index (χ4v) is 3.90. The van der Waals surface area contributed by atoms with Gasteiger partial charge in [-0.1, -0.05) is 45.7 Å². The average Bonchev–Trinajstić information content (AvgIpc) is 2.54. The molecule has 0 amide bonds. The summed E-state index contributed by atoms with van der Waals surface area (Å²) >= 11 is 9.49. The van der Waals surface area contributed by atoms with Crippen LogP contribution in [0.4, 0.5) is 18.9 Å². The summed E-state index contributed by atoms with van der Waals surface area (Å²) in [6.07, 6.45) is -4.13. The quantitative estimate of drug-likeness (QED) is 0.635.